The second kappa shape index (κ2) is 8.40. The first-order valence-corrected chi connectivity index (χ1v) is 9.34. The molecular formula is C23H19N5O2. The van der Waals surface area contributed by atoms with Gasteiger partial charge < -0.3 is 16.4 Å². The third-order valence-corrected chi connectivity index (χ3v) is 4.61. The fourth-order valence-corrected chi connectivity index (χ4v) is 3.16. The largest absolute Gasteiger partial charge is 0.366 e. The van der Waals surface area contributed by atoms with E-state index in [-0.39, 0.29) is 5.91 Å². The zero-order chi connectivity index (χ0) is 20.9. The van der Waals surface area contributed by atoms with Gasteiger partial charge in [-0.25, -0.2) is 9.97 Å². The molecule has 0 atom stereocenters. The van der Waals surface area contributed by atoms with Crippen LogP contribution in [0, 0.1) is 0 Å². The van der Waals surface area contributed by atoms with Gasteiger partial charge in [-0.05, 0) is 42.0 Å². The number of benzene rings is 3. The predicted octanol–water partition coefficient (Wildman–Crippen LogP) is 3.59. The topological polar surface area (TPSA) is 110 Å². The summed E-state index contributed by atoms with van der Waals surface area (Å²) in [7, 11) is 0. The molecule has 4 aromatic rings. The van der Waals surface area contributed by atoms with Crippen molar-refractivity contribution in [1.82, 2.24) is 9.97 Å². The van der Waals surface area contributed by atoms with Crippen molar-refractivity contribution < 1.29 is 9.59 Å². The number of carbonyl (C=O) groups is 2. The van der Waals surface area contributed by atoms with Crippen LogP contribution in [-0.4, -0.2) is 21.8 Å². The highest BCUT2D eigenvalue weighted by Gasteiger charge is 2.11. The van der Waals surface area contributed by atoms with Crippen molar-refractivity contribution in [3.05, 3.63) is 95.8 Å². The minimum absolute atomic E-state index is 0.165. The molecule has 0 aliphatic rings. The van der Waals surface area contributed by atoms with Gasteiger partial charge >= 0.3 is 0 Å². The van der Waals surface area contributed by atoms with Crippen molar-refractivity contribution in [2.75, 3.05) is 10.6 Å². The maximum atomic E-state index is 12.4. The summed E-state index contributed by atoms with van der Waals surface area (Å²) in [6.45, 7) is 0.474. The fraction of sp³-hybridized carbons (Fsp3) is 0.0435. The molecule has 0 saturated heterocycles. The maximum Gasteiger partial charge on any atom is 0.255 e. The molecule has 0 aliphatic heterocycles. The summed E-state index contributed by atoms with van der Waals surface area (Å²) in [5.74, 6) is -0.101. The van der Waals surface area contributed by atoms with Crippen LogP contribution in [0.4, 0.5) is 11.5 Å². The molecule has 0 bridgehead atoms. The molecule has 4 rings (SSSR count). The van der Waals surface area contributed by atoms with E-state index in [1.807, 2.05) is 48.5 Å². The van der Waals surface area contributed by atoms with Gasteiger partial charge in [-0.1, -0.05) is 36.4 Å². The fourth-order valence-electron chi connectivity index (χ4n) is 3.16. The number of rotatable bonds is 6. The molecule has 0 unspecified atom stereocenters. The molecule has 0 saturated carbocycles. The quantitative estimate of drug-likeness (QED) is 0.460. The van der Waals surface area contributed by atoms with E-state index in [9.17, 15) is 9.59 Å². The summed E-state index contributed by atoms with van der Waals surface area (Å²) in [6, 6.07) is 21.8. The molecule has 1 aromatic heterocycles. The van der Waals surface area contributed by atoms with Crippen molar-refractivity contribution in [1.29, 1.82) is 0 Å². The van der Waals surface area contributed by atoms with Gasteiger partial charge in [-0.3, -0.25) is 9.59 Å². The first-order chi connectivity index (χ1) is 14.6. The molecule has 148 valence electrons. The number of nitrogens with two attached hydrogens (primary N) is 1. The Morgan fingerprint density at radius 1 is 0.900 bits per heavy atom. The monoisotopic (exact) mass is 397 g/mol. The zero-order valence-electron chi connectivity index (χ0n) is 16.0. The van der Waals surface area contributed by atoms with Crippen LogP contribution in [0.5, 0.6) is 0 Å². The Hall–Kier alpha value is -4.26. The van der Waals surface area contributed by atoms with Crippen LogP contribution >= 0.6 is 0 Å². The number of hydrogen-bond donors (Lipinski definition) is 3. The Labute approximate surface area is 173 Å². The van der Waals surface area contributed by atoms with Crippen LogP contribution < -0.4 is 16.4 Å². The minimum atomic E-state index is -0.535. The summed E-state index contributed by atoms with van der Waals surface area (Å²) in [5.41, 5.74) is 8.55. The first kappa shape index (κ1) is 19.1. The lowest BCUT2D eigenvalue weighted by Crippen LogP contribution is -2.13. The van der Waals surface area contributed by atoms with Crippen molar-refractivity contribution in [3.63, 3.8) is 0 Å². The number of nitrogens with zero attached hydrogens (tertiary/aromatic N) is 2. The van der Waals surface area contributed by atoms with Crippen LogP contribution in [0.15, 0.2) is 79.1 Å². The van der Waals surface area contributed by atoms with Gasteiger partial charge in [0.15, 0.2) is 0 Å². The van der Waals surface area contributed by atoms with Gasteiger partial charge in [-0.15, -0.1) is 0 Å². The van der Waals surface area contributed by atoms with Crippen molar-refractivity contribution in [2.45, 2.75) is 6.54 Å². The molecule has 0 fully saturated rings. The van der Waals surface area contributed by atoms with Crippen LogP contribution in [0.3, 0.4) is 0 Å². The second-order valence-corrected chi connectivity index (χ2v) is 6.66. The smallest absolute Gasteiger partial charge is 0.255 e. The molecule has 2 amide bonds. The first-order valence-electron chi connectivity index (χ1n) is 9.34. The number of fused-ring (bicyclic) bond motifs is 1. The van der Waals surface area contributed by atoms with Gasteiger partial charge in [0.05, 0.1) is 11.1 Å². The predicted molar refractivity (Wildman–Crippen MR) is 116 cm³/mol. The average Bonchev–Trinajstić information content (AvgIpc) is 2.78. The second-order valence-electron chi connectivity index (χ2n) is 6.66. The lowest BCUT2D eigenvalue weighted by Gasteiger charge is -2.11. The highest BCUT2D eigenvalue weighted by molar-refractivity contribution is 6.07. The Morgan fingerprint density at radius 3 is 2.50 bits per heavy atom. The number of aromatic nitrogens is 2. The Kier molecular flexibility index (Phi) is 5.34. The number of carbonyl (C=O) groups excluding carboxylic acids is 2. The van der Waals surface area contributed by atoms with Gasteiger partial charge in [-0.2, -0.15) is 0 Å². The number of primary amides is 1. The highest BCUT2D eigenvalue weighted by Crippen LogP contribution is 2.23. The molecule has 7 nitrogen and oxygen atoms in total. The van der Waals surface area contributed by atoms with Gasteiger partial charge in [0.2, 0.25) is 0 Å². The van der Waals surface area contributed by atoms with E-state index >= 15 is 0 Å². The van der Waals surface area contributed by atoms with E-state index < -0.39 is 5.91 Å². The molecule has 0 radical (unpaired) electrons. The summed E-state index contributed by atoms with van der Waals surface area (Å²) in [5, 5.41) is 6.88. The standard InChI is InChI=1S/C23H19N5O2/c24-21(29)18-10-5-11-19-20(18)26-14-27-22(19)25-13-15-6-4-9-17(12-15)28-23(30)16-7-2-1-3-8-16/h1-12,14H,13H2,(H2,24,29)(H,28,30)(H,25,26,27). The Balaban J connectivity index is 1.51. The lowest BCUT2D eigenvalue weighted by molar-refractivity contribution is 0.0999. The van der Waals surface area contributed by atoms with E-state index in [1.54, 1.807) is 24.3 Å². The van der Waals surface area contributed by atoms with Crippen LogP contribution in [0.2, 0.25) is 0 Å². The molecule has 0 aliphatic carbocycles. The van der Waals surface area contributed by atoms with Crippen LogP contribution in [-0.2, 0) is 6.54 Å². The summed E-state index contributed by atoms with van der Waals surface area (Å²) in [6.07, 6.45) is 1.40. The van der Waals surface area contributed by atoms with E-state index in [0.29, 0.717) is 40.1 Å². The molecule has 7 heteroatoms. The molecule has 3 aromatic carbocycles. The summed E-state index contributed by atoms with van der Waals surface area (Å²) in [4.78, 5) is 32.5. The number of anilines is 2. The SMILES string of the molecule is NC(=O)c1cccc2c(NCc3cccc(NC(=O)c4ccccc4)c3)ncnc12. The summed E-state index contributed by atoms with van der Waals surface area (Å²) < 4.78 is 0. The number of para-hydroxylation sites is 1. The Bertz CT molecular complexity index is 1220. The van der Waals surface area contributed by atoms with E-state index in [0.717, 1.165) is 5.56 Å². The van der Waals surface area contributed by atoms with E-state index in [2.05, 4.69) is 20.6 Å². The third kappa shape index (κ3) is 4.10. The number of amides is 2. The van der Waals surface area contributed by atoms with Crippen molar-refractivity contribution >= 4 is 34.2 Å². The number of hydrogen-bond acceptors (Lipinski definition) is 5. The molecule has 0 spiro atoms. The zero-order valence-corrected chi connectivity index (χ0v) is 16.0. The van der Waals surface area contributed by atoms with E-state index in [1.165, 1.54) is 6.33 Å². The Morgan fingerprint density at radius 2 is 1.70 bits per heavy atom. The summed E-state index contributed by atoms with van der Waals surface area (Å²) >= 11 is 0. The van der Waals surface area contributed by atoms with Crippen LogP contribution in [0.1, 0.15) is 26.3 Å². The third-order valence-electron chi connectivity index (χ3n) is 4.61. The van der Waals surface area contributed by atoms with Gasteiger partial charge in [0.25, 0.3) is 11.8 Å². The normalized spacial score (nSPS) is 10.5. The van der Waals surface area contributed by atoms with Gasteiger partial charge in [0.1, 0.15) is 12.1 Å². The lowest BCUT2D eigenvalue weighted by atomic mass is 10.1. The van der Waals surface area contributed by atoms with Crippen molar-refractivity contribution in [2.24, 2.45) is 5.73 Å². The highest BCUT2D eigenvalue weighted by atomic mass is 16.2. The number of nitrogens with one attached hydrogen (secondary N) is 2. The average molecular weight is 397 g/mol. The van der Waals surface area contributed by atoms with E-state index in [4.69, 9.17) is 5.73 Å². The molecular weight excluding hydrogens is 378 g/mol. The maximum absolute atomic E-state index is 12.4. The van der Waals surface area contributed by atoms with Crippen molar-refractivity contribution in [3.8, 4) is 0 Å². The molecule has 4 N–H and O–H groups in total. The molecule has 1 heterocycles. The minimum Gasteiger partial charge on any atom is -0.366 e. The van der Waals surface area contributed by atoms with Gasteiger partial charge in [0, 0.05) is 23.2 Å². The molecule has 30 heavy (non-hydrogen) atoms. The van der Waals surface area contributed by atoms with Crippen LogP contribution in [0.25, 0.3) is 10.9 Å².